The number of carbonyl (C=O) groups excluding carboxylic acids is 1. The second kappa shape index (κ2) is 7.74. The third kappa shape index (κ3) is 4.25. The number of piperidine rings is 1. The molecule has 1 saturated heterocycles. The number of esters is 1. The smallest absolute Gasteiger partial charge is 0.322 e. The number of nitrogens with zero attached hydrogens (tertiary/aromatic N) is 1. The van der Waals surface area contributed by atoms with Crippen molar-refractivity contribution in [3.8, 4) is 0 Å². The molecule has 1 unspecified atom stereocenters. The Labute approximate surface area is 111 Å². The van der Waals surface area contributed by atoms with E-state index in [1.807, 2.05) is 6.92 Å². The van der Waals surface area contributed by atoms with Crippen molar-refractivity contribution in [3.05, 3.63) is 0 Å². The number of hydrogen-bond donors (Lipinski definition) is 1. The molecule has 1 aliphatic heterocycles. The van der Waals surface area contributed by atoms with E-state index in [2.05, 4.69) is 24.1 Å². The van der Waals surface area contributed by atoms with Crippen molar-refractivity contribution in [2.24, 2.45) is 0 Å². The van der Waals surface area contributed by atoms with E-state index < -0.39 is 0 Å². The van der Waals surface area contributed by atoms with Crippen molar-refractivity contribution in [3.63, 3.8) is 0 Å². The highest BCUT2D eigenvalue weighted by Crippen LogP contribution is 2.22. The van der Waals surface area contributed by atoms with Gasteiger partial charge in [-0.3, -0.25) is 9.69 Å². The van der Waals surface area contributed by atoms with E-state index >= 15 is 0 Å². The maximum atomic E-state index is 11.6. The van der Waals surface area contributed by atoms with E-state index in [-0.39, 0.29) is 12.0 Å². The number of likely N-dealkylation sites (N-methyl/N-ethyl adjacent to an activating group) is 1. The zero-order valence-corrected chi connectivity index (χ0v) is 12.2. The Hall–Kier alpha value is -0.610. The van der Waals surface area contributed by atoms with Crippen LogP contribution >= 0.6 is 0 Å². The van der Waals surface area contributed by atoms with Crippen LogP contribution in [-0.4, -0.2) is 49.2 Å². The van der Waals surface area contributed by atoms with Gasteiger partial charge in [0.1, 0.15) is 6.04 Å². The molecule has 0 bridgehead atoms. The van der Waals surface area contributed by atoms with Gasteiger partial charge in [-0.1, -0.05) is 13.3 Å². The summed E-state index contributed by atoms with van der Waals surface area (Å²) in [6.07, 6.45) is 4.70. The molecular formula is C14H28N2O2. The standard InChI is InChI=1S/C14H28N2O2/c1-5-15-13(14(17)18-4)9-10-16-11(2)7-6-8-12(16)3/h11-13,15H,5-10H2,1-4H3/t11-,12+,13?. The van der Waals surface area contributed by atoms with Crippen LogP contribution in [0.1, 0.15) is 46.5 Å². The van der Waals surface area contributed by atoms with Crippen LogP contribution in [0.5, 0.6) is 0 Å². The fourth-order valence-corrected chi connectivity index (χ4v) is 2.89. The highest BCUT2D eigenvalue weighted by atomic mass is 16.5. The van der Waals surface area contributed by atoms with Crippen molar-refractivity contribution < 1.29 is 9.53 Å². The summed E-state index contributed by atoms with van der Waals surface area (Å²) in [7, 11) is 1.46. The number of likely N-dealkylation sites (tertiary alicyclic amines) is 1. The van der Waals surface area contributed by atoms with Gasteiger partial charge in [-0.15, -0.1) is 0 Å². The molecule has 18 heavy (non-hydrogen) atoms. The molecule has 1 aliphatic rings. The van der Waals surface area contributed by atoms with Crippen LogP contribution in [0, 0.1) is 0 Å². The summed E-state index contributed by atoms with van der Waals surface area (Å²) < 4.78 is 4.84. The number of hydrogen-bond acceptors (Lipinski definition) is 4. The Morgan fingerprint density at radius 1 is 1.39 bits per heavy atom. The van der Waals surface area contributed by atoms with Gasteiger partial charge in [-0.25, -0.2) is 0 Å². The van der Waals surface area contributed by atoms with Gasteiger partial charge in [0.05, 0.1) is 7.11 Å². The highest BCUT2D eigenvalue weighted by molar-refractivity contribution is 5.75. The molecule has 0 aromatic rings. The topological polar surface area (TPSA) is 41.6 Å². The number of nitrogens with one attached hydrogen (secondary N) is 1. The summed E-state index contributed by atoms with van der Waals surface area (Å²) in [5.41, 5.74) is 0. The molecule has 1 N–H and O–H groups in total. The Balaban J connectivity index is 2.47. The van der Waals surface area contributed by atoms with E-state index in [0.29, 0.717) is 12.1 Å². The molecule has 4 heteroatoms. The summed E-state index contributed by atoms with van der Waals surface area (Å²) in [5, 5.41) is 3.20. The first kappa shape index (κ1) is 15.4. The minimum Gasteiger partial charge on any atom is -0.468 e. The Morgan fingerprint density at radius 2 is 2.00 bits per heavy atom. The van der Waals surface area contributed by atoms with Crippen LogP contribution < -0.4 is 5.32 Å². The molecule has 0 aromatic heterocycles. The first-order valence-corrected chi connectivity index (χ1v) is 7.17. The second-order valence-corrected chi connectivity index (χ2v) is 5.29. The van der Waals surface area contributed by atoms with Gasteiger partial charge < -0.3 is 10.1 Å². The van der Waals surface area contributed by atoms with Crippen LogP contribution in [0.4, 0.5) is 0 Å². The van der Waals surface area contributed by atoms with Crippen molar-refractivity contribution in [1.82, 2.24) is 10.2 Å². The lowest BCUT2D eigenvalue weighted by Crippen LogP contribution is -2.47. The molecule has 0 spiro atoms. The molecule has 0 radical (unpaired) electrons. The van der Waals surface area contributed by atoms with Gasteiger partial charge in [0.15, 0.2) is 0 Å². The van der Waals surface area contributed by atoms with E-state index in [1.165, 1.54) is 26.4 Å². The van der Waals surface area contributed by atoms with Crippen LogP contribution in [0.25, 0.3) is 0 Å². The molecule has 0 saturated carbocycles. The summed E-state index contributed by atoms with van der Waals surface area (Å²) in [5.74, 6) is -0.144. The first-order chi connectivity index (χ1) is 8.60. The van der Waals surface area contributed by atoms with Crippen molar-refractivity contribution in [2.45, 2.75) is 64.6 Å². The van der Waals surface area contributed by atoms with Crippen LogP contribution in [0.15, 0.2) is 0 Å². The average molecular weight is 256 g/mol. The lowest BCUT2D eigenvalue weighted by atomic mass is 9.97. The van der Waals surface area contributed by atoms with E-state index in [1.54, 1.807) is 0 Å². The van der Waals surface area contributed by atoms with Crippen molar-refractivity contribution in [1.29, 1.82) is 0 Å². The third-order valence-corrected chi connectivity index (χ3v) is 3.99. The molecular weight excluding hydrogens is 228 g/mol. The number of ether oxygens (including phenoxy) is 1. The van der Waals surface area contributed by atoms with Gasteiger partial charge in [0.25, 0.3) is 0 Å². The lowest BCUT2D eigenvalue weighted by molar-refractivity contribution is -0.143. The number of carbonyl (C=O) groups is 1. The zero-order valence-electron chi connectivity index (χ0n) is 12.2. The van der Waals surface area contributed by atoms with Gasteiger partial charge in [-0.2, -0.15) is 0 Å². The van der Waals surface area contributed by atoms with Crippen LogP contribution in [0.3, 0.4) is 0 Å². The number of methoxy groups -OCH3 is 1. The summed E-state index contributed by atoms with van der Waals surface area (Å²) >= 11 is 0. The highest BCUT2D eigenvalue weighted by Gasteiger charge is 2.26. The monoisotopic (exact) mass is 256 g/mol. The minimum atomic E-state index is -0.165. The van der Waals surface area contributed by atoms with Gasteiger partial charge in [-0.05, 0) is 39.7 Å². The molecule has 4 nitrogen and oxygen atoms in total. The molecule has 0 aromatic carbocycles. The van der Waals surface area contributed by atoms with Crippen molar-refractivity contribution in [2.75, 3.05) is 20.2 Å². The zero-order chi connectivity index (χ0) is 13.5. The quantitative estimate of drug-likeness (QED) is 0.736. The maximum absolute atomic E-state index is 11.6. The maximum Gasteiger partial charge on any atom is 0.322 e. The van der Waals surface area contributed by atoms with Crippen LogP contribution in [0.2, 0.25) is 0 Å². The molecule has 106 valence electrons. The van der Waals surface area contributed by atoms with E-state index in [0.717, 1.165) is 19.5 Å². The second-order valence-electron chi connectivity index (χ2n) is 5.29. The largest absolute Gasteiger partial charge is 0.468 e. The fraction of sp³-hybridized carbons (Fsp3) is 0.929. The first-order valence-electron chi connectivity index (χ1n) is 7.17. The van der Waals surface area contributed by atoms with Gasteiger partial charge in [0, 0.05) is 18.6 Å². The Morgan fingerprint density at radius 3 is 2.50 bits per heavy atom. The predicted molar refractivity (Wildman–Crippen MR) is 73.6 cm³/mol. The lowest BCUT2D eigenvalue weighted by Gasteiger charge is -2.39. The summed E-state index contributed by atoms with van der Waals surface area (Å²) in [6, 6.07) is 1.10. The number of rotatable bonds is 6. The fourth-order valence-electron chi connectivity index (χ4n) is 2.89. The molecule has 3 atom stereocenters. The normalized spacial score (nSPS) is 26.9. The summed E-state index contributed by atoms with van der Waals surface area (Å²) in [4.78, 5) is 14.2. The van der Waals surface area contributed by atoms with E-state index in [4.69, 9.17) is 4.74 Å². The predicted octanol–water partition coefficient (Wildman–Crippen LogP) is 1.79. The molecule has 0 amide bonds. The minimum absolute atomic E-state index is 0.144. The Bertz CT molecular complexity index is 248. The molecule has 1 fully saturated rings. The third-order valence-electron chi connectivity index (χ3n) is 3.99. The summed E-state index contributed by atoms with van der Waals surface area (Å²) in [6.45, 7) is 8.36. The SMILES string of the molecule is CCNC(CCN1[C@H](C)CCC[C@@H]1C)C(=O)OC. The molecule has 1 rings (SSSR count). The molecule has 0 aliphatic carbocycles. The van der Waals surface area contributed by atoms with Crippen molar-refractivity contribution >= 4 is 5.97 Å². The van der Waals surface area contributed by atoms with E-state index in [9.17, 15) is 4.79 Å². The van der Waals surface area contributed by atoms with Gasteiger partial charge >= 0.3 is 5.97 Å². The van der Waals surface area contributed by atoms with Crippen LogP contribution in [-0.2, 0) is 9.53 Å². The Kier molecular flexibility index (Phi) is 6.65. The average Bonchev–Trinajstić information content (AvgIpc) is 2.36. The molecule has 1 heterocycles. The van der Waals surface area contributed by atoms with Gasteiger partial charge in [0.2, 0.25) is 0 Å².